The predicted octanol–water partition coefficient (Wildman–Crippen LogP) is 3.91. The van der Waals surface area contributed by atoms with E-state index >= 15 is 0 Å². The van der Waals surface area contributed by atoms with Crippen molar-refractivity contribution in [2.45, 2.75) is 63.5 Å². The first-order valence-electron chi connectivity index (χ1n) is 10.0. The topological polar surface area (TPSA) is 100.0 Å². The van der Waals surface area contributed by atoms with Gasteiger partial charge in [-0.2, -0.15) is 5.10 Å². The molecule has 2 N–H and O–H groups in total. The molecule has 2 aliphatic rings. The molecule has 2 amide bonds. The fourth-order valence-electron chi connectivity index (χ4n) is 3.31. The molecule has 8 heteroatoms. The molecule has 1 aromatic rings. The number of amides is 2. The second-order valence-electron chi connectivity index (χ2n) is 7.32. The monoisotopic (exact) mass is 414 g/mol. The van der Waals surface area contributed by atoms with E-state index in [-0.39, 0.29) is 24.0 Å². The Labute approximate surface area is 174 Å². The molecule has 0 radical (unpaired) electrons. The molecule has 1 aliphatic carbocycles. The summed E-state index contributed by atoms with van der Waals surface area (Å²) in [5.74, 6) is -0.594. The van der Waals surface area contributed by atoms with Gasteiger partial charge in [-0.15, -0.1) is 5.10 Å². The van der Waals surface area contributed by atoms with Gasteiger partial charge in [0.05, 0.1) is 0 Å². The van der Waals surface area contributed by atoms with Crippen LogP contribution in [0.2, 0.25) is 0 Å². The lowest BCUT2D eigenvalue weighted by atomic mass is 9.99. The minimum atomic E-state index is -0.540. The Bertz CT molecular complexity index is 840. The normalized spacial score (nSPS) is 21.3. The zero-order valence-electron chi connectivity index (χ0n) is 16.6. The number of Topliss-reactive ketones (excluding diaryl/α,β-unsaturated/α-hetero) is 1. The van der Waals surface area contributed by atoms with Crippen LogP contribution in [0.5, 0.6) is 0 Å². The van der Waals surface area contributed by atoms with E-state index in [0.717, 1.165) is 31.4 Å². The molecule has 3 rings (SSSR count). The molecule has 0 spiro atoms. The Morgan fingerprint density at radius 2 is 1.86 bits per heavy atom. The third-order valence-corrected chi connectivity index (χ3v) is 5.99. The maximum atomic E-state index is 12.3. The second-order valence-corrected chi connectivity index (χ2v) is 8.52. The van der Waals surface area contributed by atoms with Crippen molar-refractivity contribution >= 4 is 45.9 Å². The summed E-state index contributed by atoms with van der Waals surface area (Å²) in [6.45, 7) is 1.47. The molecule has 1 unspecified atom stereocenters. The number of nitrogens with zero attached hydrogens (tertiary/aromatic N) is 2. The highest BCUT2D eigenvalue weighted by molar-refractivity contribution is 8.15. The van der Waals surface area contributed by atoms with Gasteiger partial charge < -0.3 is 10.6 Å². The molecule has 1 heterocycles. The van der Waals surface area contributed by atoms with E-state index in [4.69, 9.17) is 0 Å². The van der Waals surface area contributed by atoms with E-state index in [0.29, 0.717) is 16.4 Å². The van der Waals surface area contributed by atoms with E-state index in [1.165, 1.54) is 37.9 Å². The lowest BCUT2D eigenvalue weighted by Crippen LogP contribution is -2.28. The number of ketones is 1. The van der Waals surface area contributed by atoms with E-state index in [1.54, 1.807) is 24.3 Å². The Morgan fingerprint density at radius 3 is 2.59 bits per heavy atom. The number of anilines is 1. The van der Waals surface area contributed by atoms with Crippen LogP contribution in [0.15, 0.2) is 34.5 Å². The summed E-state index contributed by atoms with van der Waals surface area (Å²) in [6.07, 6.45) is 7.96. The molecule has 1 saturated carbocycles. The van der Waals surface area contributed by atoms with Gasteiger partial charge in [-0.05, 0) is 44.7 Å². The van der Waals surface area contributed by atoms with Crippen molar-refractivity contribution in [2.75, 3.05) is 5.32 Å². The summed E-state index contributed by atoms with van der Waals surface area (Å²) in [5, 5.41) is 13.9. The summed E-state index contributed by atoms with van der Waals surface area (Å²) in [4.78, 5) is 36.0. The number of nitrogens with one attached hydrogen (secondary N) is 2. The van der Waals surface area contributed by atoms with Crippen LogP contribution in [0.25, 0.3) is 0 Å². The average Bonchev–Trinajstić information content (AvgIpc) is 3.00. The van der Waals surface area contributed by atoms with Crippen LogP contribution >= 0.6 is 11.8 Å². The SMILES string of the molecule is CC(=O)c1cccc(NC(=O)CC2SC(=NN=C3CCCCCCC3)NC2=O)c1. The first-order chi connectivity index (χ1) is 14.0. The van der Waals surface area contributed by atoms with Crippen LogP contribution in [-0.2, 0) is 9.59 Å². The number of benzene rings is 1. The zero-order chi connectivity index (χ0) is 20.6. The minimum Gasteiger partial charge on any atom is -0.326 e. The van der Waals surface area contributed by atoms with Crippen molar-refractivity contribution in [3.63, 3.8) is 0 Å². The third kappa shape index (κ3) is 6.52. The van der Waals surface area contributed by atoms with Crippen LogP contribution in [0.1, 0.15) is 68.6 Å². The van der Waals surface area contributed by atoms with Crippen LogP contribution in [0, 0.1) is 0 Å². The number of carbonyl (C=O) groups excluding carboxylic acids is 3. The van der Waals surface area contributed by atoms with Crippen molar-refractivity contribution in [2.24, 2.45) is 10.2 Å². The van der Waals surface area contributed by atoms with Crippen LogP contribution in [0.4, 0.5) is 5.69 Å². The van der Waals surface area contributed by atoms with Crippen molar-refractivity contribution in [1.29, 1.82) is 0 Å². The van der Waals surface area contributed by atoms with Gasteiger partial charge in [0.25, 0.3) is 0 Å². The number of rotatable bonds is 5. The van der Waals surface area contributed by atoms with Crippen molar-refractivity contribution in [3.8, 4) is 0 Å². The van der Waals surface area contributed by atoms with Crippen molar-refractivity contribution in [1.82, 2.24) is 5.32 Å². The number of amidine groups is 1. The fraction of sp³-hybridized carbons (Fsp3) is 0.476. The first-order valence-corrected chi connectivity index (χ1v) is 10.9. The smallest absolute Gasteiger partial charge is 0.240 e. The van der Waals surface area contributed by atoms with Crippen molar-refractivity contribution in [3.05, 3.63) is 29.8 Å². The third-order valence-electron chi connectivity index (χ3n) is 4.91. The second kappa shape index (κ2) is 10.3. The Balaban J connectivity index is 1.55. The highest BCUT2D eigenvalue weighted by atomic mass is 32.2. The van der Waals surface area contributed by atoms with Gasteiger partial charge in [0.15, 0.2) is 11.0 Å². The standard InChI is InChI=1S/C21H26N4O3S/c1-14(26)15-8-7-11-17(12-15)22-19(27)13-18-20(28)23-21(29-18)25-24-16-9-5-3-2-4-6-10-16/h7-8,11-12,18H,2-6,9-10,13H2,1H3,(H,22,27)(H,23,25,28). The quantitative estimate of drug-likeness (QED) is 0.564. The molecule has 0 bridgehead atoms. The average molecular weight is 415 g/mol. The lowest BCUT2D eigenvalue weighted by Gasteiger charge is -2.09. The molecule has 154 valence electrons. The van der Waals surface area contributed by atoms with E-state index in [2.05, 4.69) is 20.8 Å². The zero-order valence-corrected chi connectivity index (χ0v) is 17.4. The summed E-state index contributed by atoms with van der Waals surface area (Å²) >= 11 is 1.23. The maximum Gasteiger partial charge on any atom is 0.240 e. The molecule has 0 aromatic heterocycles. The molecule has 1 aliphatic heterocycles. The minimum absolute atomic E-state index is 0.0242. The summed E-state index contributed by atoms with van der Waals surface area (Å²) < 4.78 is 0. The predicted molar refractivity (Wildman–Crippen MR) is 116 cm³/mol. The molecule has 7 nitrogen and oxygen atoms in total. The molecule has 1 aromatic carbocycles. The highest BCUT2D eigenvalue weighted by Gasteiger charge is 2.32. The molecular formula is C21H26N4O3S. The van der Waals surface area contributed by atoms with Gasteiger partial charge in [0, 0.05) is 23.4 Å². The fourth-order valence-corrected chi connectivity index (χ4v) is 4.23. The van der Waals surface area contributed by atoms with E-state index in [1.807, 2.05) is 0 Å². The first kappa shape index (κ1) is 21.2. The largest absolute Gasteiger partial charge is 0.326 e. The Kier molecular flexibility index (Phi) is 7.57. The molecular weight excluding hydrogens is 388 g/mol. The van der Waals surface area contributed by atoms with Crippen LogP contribution in [0.3, 0.4) is 0 Å². The molecule has 1 saturated heterocycles. The summed E-state index contributed by atoms with van der Waals surface area (Å²) in [7, 11) is 0. The number of thioether (sulfide) groups is 1. The highest BCUT2D eigenvalue weighted by Crippen LogP contribution is 2.24. The number of hydrogen-bond donors (Lipinski definition) is 2. The van der Waals surface area contributed by atoms with Gasteiger partial charge in [0.1, 0.15) is 5.25 Å². The van der Waals surface area contributed by atoms with Crippen molar-refractivity contribution < 1.29 is 14.4 Å². The van der Waals surface area contributed by atoms with E-state index in [9.17, 15) is 14.4 Å². The van der Waals surface area contributed by atoms with Gasteiger partial charge in [-0.1, -0.05) is 43.2 Å². The maximum absolute atomic E-state index is 12.3. The summed E-state index contributed by atoms with van der Waals surface area (Å²) in [6, 6.07) is 6.74. The molecule has 2 fully saturated rings. The lowest BCUT2D eigenvalue weighted by molar-refractivity contribution is -0.122. The van der Waals surface area contributed by atoms with Gasteiger partial charge >= 0.3 is 0 Å². The van der Waals surface area contributed by atoms with Gasteiger partial charge in [0.2, 0.25) is 11.8 Å². The summed E-state index contributed by atoms with van der Waals surface area (Å²) in [5.41, 5.74) is 2.15. The number of hydrogen-bond acceptors (Lipinski definition) is 6. The van der Waals surface area contributed by atoms with Crippen LogP contribution < -0.4 is 10.6 Å². The molecule has 1 atom stereocenters. The van der Waals surface area contributed by atoms with Gasteiger partial charge in [-0.3, -0.25) is 14.4 Å². The number of carbonyl (C=O) groups is 3. The Morgan fingerprint density at radius 1 is 1.14 bits per heavy atom. The van der Waals surface area contributed by atoms with Crippen LogP contribution in [-0.4, -0.2) is 33.7 Å². The van der Waals surface area contributed by atoms with Gasteiger partial charge in [-0.25, -0.2) is 0 Å². The van der Waals surface area contributed by atoms with E-state index < -0.39 is 5.25 Å². The molecule has 29 heavy (non-hydrogen) atoms. The Hall–Kier alpha value is -2.48.